The molecular formula is C30H39ClFN11O. The third-order valence-electron chi connectivity index (χ3n) is 7.17. The third kappa shape index (κ3) is 8.78. The quantitative estimate of drug-likeness (QED) is 0.0750. The zero-order chi connectivity index (χ0) is 31.8. The van der Waals surface area contributed by atoms with Gasteiger partial charge in [-0.1, -0.05) is 23.7 Å². The molecule has 0 saturated heterocycles. The number of aryl methyl sites for hydroxylation is 1. The molecule has 0 bridgehead atoms. The lowest BCUT2D eigenvalue weighted by molar-refractivity contribution is 0.469. The zero-order valence-electron chi connectivity index (χ0n) is 24.5. The molecule has 4 aromatic rings. The van der Waals surface area contributed by atoms with Crippen molar-refractivity contribution < 1.29 is 4.39 Å². The van der Waals surface area contributed by atoms with Crippen molar-refractivity contribution in [3.8, 4) is 16.9 Å². The lowest BCUT2D eigenvalue weighted by Crippen LogP contribution is -2.45. The Labute approximate surface area is 259 Å². The van der Waals surface area contributed by atoms with Crippen LogP contribution in [-0.4, -0.2) is 51.6 Å². The fourth-order valence-electron chi connectivity index (χ4n) is 4.87. The number of H-pyrrole nitrogens is 1. The maximum atomic E-state index is 15.1. The molecule has 2 aromatic heterocycles. The van der Waals surface area contributed by atoms with E-state index in [0.717, 1.165) is 30.4 Å². The van der Waals surface area contributed by atoms with Gasteiger partial charge in [0.05, 0.1) is 16.4 Å². The first-order valence-electron chi connectivity index (χ1n) is 14.3. The number of fused-ring (bicyclic) bond motifs is 1. The summed E-state index contributed by atoms with van der Waals surface area (Å²) < 4.78 is 16.5. The second-order valence-electron chi connectivity index (χ2n) is 10.9. The molecule has 44 heavy (non-hydrogen) atoms. The van der Waals surface area contributed by atoms with E-state index in [1.165, 1.54) is 4.57 Å². The molecule has 0 aliphatic rings. The number of rotatable bonds is 14. The van der Waals surface area contributed by atoms with Gasteiger partial charge in [0.2, 0.25) is 0 Å². The minimum absolute atomic E-state index is 0.0354. The first-order valence-corrected chi connectivity index (χ1v) is 14.7. The Morgan fingerprint density at radius 3 is 2.50 bits per heavy atom. The van der Waals surface area contributed by atoms with Gasteiger partial charge >= 0.3 is 5.69 Å². The van der Waals surface area contributed by atoms with Gasteiger partial charge < -0.3 is 38.1 Å². The molecule has 0 aliphatic carbocycles. The summed E-state index contributed by atoms with van der Waals surface area (Å²) in [4.78, 5) is 20.2. The van der Waals surface area contributed by atoms with Gasteiger partial charge in [0.15, 0.2) is 17.7 Å². The maximum absolute atomic E-state index is 15.1. The van der Waals surface area contributed by atoms with Crippen LogP contribution in [0.2, 0.25) is 5.02 Å². The number of aromatic nitrogens is 3. The lowest BCUT2D eigenvalue weighted by Gasteiger charge is -2.20. The molecule has 2 aromatic carbocycles. The van der Waals surface area contributed by atoms with Gasteiger partial charge in [0.25, 0.3) is 0 Å². The zero-order valence-corrected chi connectivity index (χ0v) is 25.3. The summed E-state index contributed by atoms with van der Waals surface area (Å²) >= 11 is 6.23. The largest absolute Gasteiger partial charge is 0.370 e. The molecule has 0 unspecified atom stereocenters. The number of guanidine groups is 2. The van der Waals surface area contributed by atoms with Crippen LogP contribution in [0, 0.1) is 16.6 Å². The minimum Gasteiger partial charge on any atom is -0.370 e. The molecule has 2 atom stereocenters. The van der Waals surface area contributed by atoms with E-state index in [-0.39, 0.29) is 29.0 Å². The van der Waals surface area contributed by atoms with E-state index in [9.17, 15) is 4.79 Å². The molecule has 12 nitrogen and oxygen atoms in total. The van der Waals surface area contributed by atoms with Crippen molar-refractivity contribution in [1.29, 1.82) is 10.8 Å². The molecule has 12 N–H and O–H groups in total. The van der Waals surface area contributed by atoms with Crippen LogP contribution < -0.4 is 38.8 Å². The number of hydrogen-bond donors (Lipinski definition) is 9. The molecule has 0 radical (unpaired) electrons. The van der Waals surface area contributed by atoms with E-state index in [2.05, 4.69) is 25.9 Å². The second-order valence-corrected chi connectivity index (χ2v) is 11.3. The van der Waals surface area contributed by atoms with Gasteiger partial charge in [0.1, 0.15) is 5.65 Å². The number of nitrogens with two attached hydrogens (primary N) is 3. The SMILES string of the molecule is C[C@H](N)CCCc1cc(Cl)c(F)c(-c2cc3cn(-c4ccc(CN[C@H](CCNC(=N)N)CNC(=N)N)cc4)c(=O)nc3[nH]2)c1. The number of aromatic amines is 1. The summed E-state index contributed by atoms with van der Waals surface area (Å²) in [5, 5.41) is 24.4. The van der Waals surface area contributed by atoms with Crippen molar-refractivity contribution in [2.24, 2.45) is 17.2 Å². The number of hydrogen-bond acceptors (Lipinski definition) is 6. The highest BCUT2D eigenvalue weighted by molar-refractivity contribution is 6.31. The number of halogens is 2. The van der Waals surface area contributed by atoms with Crippen LogP contribution in [0.3, 0.4) is 0 Å². The summed E-state index contributed by atoms with van der Waals surface area (Å²) in [5.74, 6) is -0.767. The predicted octanol–water partition coefficient (Wildman–Crippen LogP) is 2.66. The monoisotopic (exact) mass is 623 g/mol. The minimum atomic E-state index is -0.539. The van der Waals surface area contributed by atoms with E-state index in [1.807, 2.05) is 31.2 Å². The van der Waals surface area contributed by atoms with Crippen LogP contribution in [0.1, 0.15) is 37.3 Å². The first-order chi connectivity index (χ1) is 21.0. The Kier molecular flexibility index (Phi) is 10.9. The van der Waals surface area contributed by atoms with E-state index in [1.54, 1.807) is 24.4 Å². The van der Waals surface area contributed by atoms with Crippen LogP contribution in [-0.2, 0) is 13.0 Å². The Hall–Kier alpha value is -4.46. The van der Waals surface area contributed by atoms with Crippen molar-refractivity contribution in [3.05, 3.63) is 81.1 Å². The lowest BCUT2D eigenvalue weighted by atomic mass is 10.0. The summed E-state index contributed by atoms with van der Waals surface area (Å²) in [7, 11) is 0. The normalized spacial score (nSPS) is 12.6. The van der Waals surface area contributed by atoms with E-state index in [0.29, 0.717) is 54.0 Å². The summed E-state index contributed by atoms with van der Waals surface area (Å²) in [6.07, 6.45) is 4.75. The van der Waals surface area contributed by atoms with Gasteiger partial charge in [-0.3, -0.25) is 15.4 Å². The molecule has 234 valence electrons. The second kappa shape index (κ2) is 14.8. The Balaban J connectivity index is 1.50. The molecule has 0 amide bonds. The molecule has 2 heterocycles. The predicted molar refractivity (Wildman–Crippen MR) is 174 cm³/mol. The summed E-state index contributed by atoms with van der Waals surface area (Å²) in [6, 6.07) is 12.7. The number of nitrogens with zero attached hydrogens (tertiary/aromatic N) is 2. The molecule has 0 aliphatic heterocycles. The van der Waals surface area contributed by atoms with Crippen molar-refractivity contribution in [1.82, 2.24) is 30.5 Å². The van der Waals surface area contributed by atoms with Crippen LogP contribution in [0.15, 0.2) is 53.5 Å². The topological polar surface area (TPSA) is 213 Å². The van der Waals surface area contributed by atoms with E-state index in [4.69, 9.17) is 39.6 Å². The number of benzene rings is 2. The standard InChI is InChI=1S/C30H39ClFN11O/c1-17(33)3-2-4-19-11-23(26(32)24(31)12-19)25-13-20-16-43(30(44)42-27(20)41-25)22-7-5-18(6-8-22)14-39-21(15-40-29(36)37)9-10-38-28(34)35/h5-8,11-13,16-17,21,39H,2-4,9-10,14-15,33H2,1H3,(H4,34,35,38)(H4,36,37,40)(H,41,42,44)/t17-,21+/m0/s1. The molecule has 0 saturated carbocycles. The third-order valence-corrected chi connectivity index (χ3v) is 7.44. The molecular weight excluding hydrogens is 585 g/mol. The van der Waals surface area contributed by atoms with Gasteiger partial charge in [-0.2, -0.15) is 4.98 Å². The van der Waals surface area contributed by atoms with Crippen LogP contribution >= 0.6 is 11.6 Å². The number of nitrogens with one attached hydrogen (secondary N) is 6. The van der Waals surface area contributed by atoms with Crippen LogP contribution in [0.5, 0.6) is 0 Å². The first kappa shape index (κ1) is 32.5. The van der Waals surface area contributed by atoms with E-state index < -0.39 is 11.5 Å². The van der Waals surface area contributed by atoms with Crippen LogP contribution in [0.25, 0.3) is 28.0 Å². The smallest absolute Gasteiger partial charge is 0.354 e. The fraction of sp³-hybridized carbons (Fsp3) is 0.333. The summed E-state index contributed by atoms with van der Waals surface area (Å²) in [5.41, 5.74) is 19.8. The Bertz CT molecular complexity index is 1670. The van der Waals surface area contributed by atoms with Crippen molar-refractivity contribution in [2.45, 2.75) is 51.2 Å². The Morgan fingerprint density at radius 2 is 1.82 bits per heavy atom. The van der Waals surface area contributed by atoms with Gasteiger partial charge in [0, 0.05) is 48.9 Å². The van der Waals surface area contributed by atoms with Crippen LogP contribution in [0.4, 0.5) is 4.39 Å². The van der Waals surface area contributed by atoms with Crippen molar-refractivity contribution in [2.75, 3.05) is 13.1 Å². The maximum Gasteiger partial charge on any atom is 0.354 e. The molecule has 0 fully saturated rings. The van der Waals surface area contributed by atoms with Crippen molar-refractivity contribution >= 4 is 34.6 Å². The molecule has 14 heteroatoms. The van der Waals surface area contributed by atoms with Gasteiger partial charge in [-0.25, -0.2) is 9.18 Å². The molecule has 4 rings (SSSR count). The average Bonchev–Trinajstić information content (AvgIpc) is 3.38. The van der Waals surface area contributed by atoms with Gasteiger partial charge in [-0.05, 0) is 74.1 Å². The highest BCUT2D eigenvalue weighted by Gasteiger charge is 2.16. The highest BCUT2D eigenvalue weighted by atomic mass is 35.5. The Morgan fingerprint density at radius 1 is 1.09 bits per heavy atom. The molecule has 0 spiro atoms. The fourth-order valence-corrected chi connectivity index (χ4v) is 5.11. The summed E-state index contributed by atoms with van der Waals surface area (Å²) in [6.45, 7) is 3.40. The van der Waals surface area contributed by atoms with Crippen molar-refractivity contribution in [3.63, 3.8) is 0 Å². The highest BCUT2D eigenvalue weighted by Crippen LogP contribution is 2.31. The van der Waals surface area contributed by atoms with Gasteiger partial charge in [-0.15, -0.1) is 0 Å². The average molecular weight is 624 g/mol. The van der Waals surface area contributed by atoms with E-state index >= 15 is 4.39 Å².